The highest BCUT2D eigenvalue weighted by Gasteiger charge is 2.64. The highest BCUT2D eigenvalue weighted by molar-refractivity contribution is 14.2. The highest BCUT2D eigenvalue weighted by atomic mass is 127. The summed E-state index contributed by atoms with van der Waals surface area (Å²) in [7, 11) is 0. The maximum atomic E-state index is 11.1. The molecule has 1 N–H and O–H groups in total. The quantitative estimate of drug-likeness (QED) is 0.703. The molecule has 0 amide bonds. The standard InChI is InChI=1S/C10H14I2O2/c1-3-10(4-2)6(5-7(11)12)8(10)9(13)14/h5-6,8H,3-4H2,1-2H3,(H,13,14). The number of carboxylic acid groups (broad SMARTS) is 1. The normalized spacial score (nSPS) is 28.3. The molecule has 1 aliphatic rings. The number of halogens is 2. The van der Waals surface area contributed by atoms with E-state index in [2.05, 4.69) is 65.1 Å². The minimum atomic E-state index is -0.635. The Kier molecular flexibility index (Phi) is 4.25. The van der Waals surface area contributed by atoms with Gasteiger partial charge in [-0.2, -0.15) is 0 Å². The molecule has 2 atom stereocenters. The lowest BCUT2D eigenvalue weighted by Gasteiger charge is -2.10. The van der Waals surface area contributed by atoms with Gasteiger partial charge < -0.3 is 5.11 Å². The fraction of sp³-hybridized carbons (Fsp3) is 0.700. The van der Waals surface area contributed by atoms with Crippen molar-refractivity contribution in [2.24, 2.45) is 17.3 Å². The Bertz CT molecular complexity index is 265. The van der Waals surface area contributed by atoms with Crippen molar-refractivity contribution in [3.8, 4) is 0 Å². The number of hydrogen-bond donors (Lipinski definition) is 1. The summed E-state index contributed by atoms with van der Waals surface area (Å²) in [6.45, 7) is 4.18. The van der Waals surface area contributed by atoms with Crippen LogP contribution in [0.15, 0.2) is 7.66 Å². The predicted molar refractivity (Wildman–Crippen MR) is 73.8 cm³/mol. The summed E-state index contributed by atoms with van der Waals surface area (Å²) in [5.74, 6) is -0.542. The smallest absolute Gasteiger partial charge is 0.307 e. The van der Waals surface area contributed by atoms with Crippen LogP contribution in [-0.4, -0.2) is 11.1 Å². The van der Waals surface area contributed by atoms with Crippen LogP contribution in [0.5, 0.6) is 0 Å². The van der Waals surface area contributed by atoms with Crippen LogP contribution in [0.3, 0.4) is 0 Å². The molecule has 0 bridgehead atoms. The monoisotopic (exact) mass is 420 g/mol. The summed E-state index contributed by atoms with van der Waals surface area (Å²) in [5.41, 5.74) is 0.0351. The summed E-state index contributed by atoms with van der Waals surface area (Å²) < 4.78 is 1.17. The molecule has 1 aliphatic carbocycles. The molecule has 0 spiro atoms. The van der Waals surface area contributed by atoms with Crippen molar-refractivity contribution in [3.05, 3.63) is 7.66 Å². The SMILES string of the molecule is CCC1(CC)C(C=C(I)I)C1C(=O)O. The Balaban J connectivity index is 2.87. The van der Waals surface area contributed by atoms with E-state index in [4.69, 9.17) is 5.11 Å². The molecule has 1 saturated carbocycles. The lowest BCUT2D eigenvalue weighted by molar-refractivity contribution is -0.139. The molecule has 2 unspecified atom stereocenters. The number of allylic oxidation sites excluding steroid dienone is 1. The second-order valence-electron chi connectivity index (χ2n) is 3.74. The summed E-state index contributed by atoms with van der Waals surface area (Å²) in [6, 6.07) is 0. The number of rotatable bonds is 4. The summed E-state index contributed by atoms with van der Waals surface area (Å²) >= 11 is 4.47. The minimum Gasteiger partial charge on any atom is -0.481 e. The van der Waals surface area contributed by atoms with Gasteiger partial charge in [-0.1, -0.05) is 19.9 Å². The lowest BCUT2D eigenvalue weighted by atomic mass is 9.95. The van der Waals surface area contributed by atoms with E-state index in [1.165, 1.54) is 1.59 Å². The summed E-state index contributed by atoms with van der Waals surface area (Å²) in [5, 5.41) is 9.10. The zero-order valence-corrected chi connectivity index (χ0v) is 12.6. The molecule has 0 aromatic heterocycles. The van der Waals surface area contributed by atoms with Crippen LogP contribution < -0.4 is 0 Å². The van der Waals surface area contributed by atoms with Crippen LogP contribution in [0.4, 0.5) is 0 Å². The van der Waals surface area contributed by atoms with Crippen LogP contribution in [0.1, 0.15) is 26.7 Å². The van der Waals surface area contributed by atoms with Gasteiger partial charge in [0.15, 0.2) is 0 Å². The number of aliphatic carboxylic acids is 1. The van der Waals surface area contributed by atoms with Crippen LogP contribution in [-0.2, 0) is 4.79 Å². The fourth-order valence-corrected chi connectivity index (χ4v) is 3.26. The molecule has 0 radical (unpaired) electrons. The molecule has 0 aliphatic heterocycles. The topological polar surface area (TPSA) is 37.3 Å². The predicted octanol–water partition coefficient (Wildman–Crippen LogP) is 3.83. The fourth-order valence-electron chi connectivity index (χ4n) is 2.48. The van der Waals surface area contributed by atoms with E-state index in [1.807, 2.05) is 0 Å². The molecular formula is C10H14I2O2. The molecule has 0 heterocycles. The number of carboxylic acids is 1. The van der Waals surface area contributed by atoms with Crippen molar-refractivity contribution in [1.82, 2.24) is 0 Å². The van der Waals surface area contributed by atoms with Gasteiger partial charge in [0.2, 0.25) is 0 Å². The first kappa shape index (κ1) is 12.7. The third-order valence-electron chi connectivity index (χ3n) is 3.42. The highest BCUT2D eigenvalue weighted by Crippen LogP contribution is 2.64. The second kappa shape index (κ2) is 4.67. The first-order valence-electron chi connectivity index (χ1n) is 4.75. The van der Waals surface area contributed by atoms with Crippen molar-refractivity contribution in [3.63, 3.8) is 0 Å². The zero-order chi connectivity index (χ0) is 10.9. The number of carbonyl (C=O) groups is 1. The first-order chi connectivity index (χ1) is 6.49. The molecule has 0 aromatic carbocycles. The molecule has 4 heteroatoms. The molecule has 80 valence electrons. The van der Waals surface area contributed by atoms with Crippen molar-refractivity contribution in [1.29, 1.82) is 0 Å². The van der Waals surface area contributed by atoms with Gasteiger partial charge in [0, 0.05) is 1.59 Å². The summed E-state index contributed by atoms with van der Waals surface area (Å²) in [4.78, 5) is 11.1. The van der Waals surface area contributed by atoms with E-state index in [1.54, 1.807) is 0 Å². The van der Waals surface area contributed by atoms with Gasteiger partial charge in [0.25, 0.3) is 0 Å². The van der Waals surface area contributed by atoms with Gasteiger partial charge in [-0.05, 0) is 69.4 Å². The van der Waals surface area contributed by atoms with Gasteiger partial charge in [-0.15, -0.1) is 0 Å². The third kappa shape index (κ3) is 2.10. The lowest BCUT2D eigenvalue weighted by Crippen LogP contribution is -2.08. The van der Waals surface area contributed by atoms with Gasteiger partial charge in [0.05, 0.1) is 5.92 Å². The Hall–Kier alpha value is 0.670. The second-order valence-corrected chi connectivity index (χ2v) is 8.13. The molecule has 2 nitrogen and oxygen atoms in total. The van der Waals surface area contributed by atoms with E-state index < -0.39 is 5.97 Å². The van der Waals surface area contributed by atoms with Crippen molar-refractivity contribution >= 4 is 51.2 Å². The van der Waals surface area contributed by atoms with E-state index in [0.717, 1.165) is 12.8 Å². The van der Waals surface area contributed by atoms with E-state index in [0.29, 0.717) is 0 Å². The van der Waals surface area contributed by atoms with E-state index >= 15 is 0 Å². The maximum Gasteiger partial charge on any atom is 0.307 e. The van der Waals surface area contributed by atoms with Gasteiger partial charge in [0.1, 0.15) is 0 Å². The van der Waals surface area contributed by atoms with Gasteiger partial charge >= 0.3 is 5.97 Å². The maximum absolute atomic E-state index is 11.1. The van der Waals surface area contributed by atoms with Gasteiger partial charge in [-0.3, -0.25) is 4.79 Å². The molecule has 14 heavy (non-hydrogen) atoms. The van der Waals surface area contributed by atoms with Crippen molar-refractivity contribution < 1.29 is 9.90 Å². The van der Waals surface area contributed by atoms with Crippen molar-refractivity contribution in [2.45, 2.75) is 26.7 Å². The van der Waals surface area contributed by atoms with Crippen LogP contribution in [0.2, 0.25) is 0 Å². The Morgan fingerprint density at radius 3 is 2.14 bits per heavy atom. The number of hydrogen-bond acceptors (Lipinski definition) is 1. The summed E-state index contributed by atoms with van der Waals surface area (Å²) in [6.07, 6.45) is 4.03. The van der Waals surface area contributed by atoms with Crippen molar-refractivity contribution in [2.75, 3.05) is 0 Å². The average Bonchev–Trinajstić information content (AvgIpc) is 2.72. The Morgan fingerprint density at radius 2 is 1.93 bits per heavy atom. The first-order valence-corrected chi connectivity index (χ1v) is 6.91. The van der Waals surface area contributed by atoms with Crippen LogP contribution >= 0.6 is 45.2 Å². The molecule has 1 rings (SSSR count). The molecule has 0 aromatic rings. The van der Waals surface area contributed by atoms with Crippen LogP contribution in [0.25, 0.3) is 0 Å². The Morgan fingerprint density at radius 1 is 1.43 bits per heavy atom. The van der Waals surface area contributed by atoms with Gasteiger partial charge in [-0.25, -0.2) is 0 Å². The minimum absolute atomic E-state index is 0.0351. The zero-order valence-electron chi connectivity index (χ0n) is 8.26. The molecule has 0 saturated heterocycles. The molecular weight excluding hydrogens is 406 g/mol. The largest absolute Gasteiger partial charge is 0.481 e. The third-order valence-corrected chi connectivity index (χ3v) is 4.14. The van der Waals surface area contributed by atoms with E-state index in [-0.39, 0.29) is 17.3 Å². The Labute approximate surface area is 112 Å². The van der Waals surface area contributed by atoms with Crippen LogP contribution in [0, 0.1) is 17.3 Å². The average molecular weight is 420 g/mol. The van der Waals surface area contributed by atoms with E-state index in [9.17, 15) is 4.79 Å². The molecule has 1 fully saturated rings.